The number of nitriles is 1. The summed E-state index contributed by atoms with van der Waals surface area (Å²) in [5.41, 5.74) is 0.562. The summed E-state index contributed by atoms with van der Waals surface area (Å²) in [6, 6.07) is 8.42. The average Bonchev–Trinajstić information content (AvgIpc) is 3.03. The van der Waals surface area contributed by atoms with Crippen LogP contribution in [0.3, 0.4) is 0 Å². The van der Waals surface area contributed by atoms with Gasteiger partial charge in [-0.05, 0) is 45.0 Å². The molecular weight excluding hydrogens is 394 g/mol. The molecule has 0 aliphatic heterocycles. The van der Waals surface area contributed by atoms with Crippen LogP contribution in [0.5, 0.6) is 0 Å². The van der Waals surface area contributed by atoms with E-state index < -0.39 is 11.9 Å². The number of carbonyl (C=O) groups is 2. The van der Waals surface area contributed by atoms with Crippen LogP contribution < -0.4 is 20.1 Å². The third-order valence-electron chi connectivity index (χ3n) is 3.80. The van der Waals surface area contributed by atoms with Crippen molar-refractivity contribution >= 4 is 40.7 Å². The zero-order valence-electron chi connectivity index (χ0n) is 16.4. The number of ether oxygens (including phenoxy) is 2. The Morgan fingerprint density at radius 3 is 2.38 bits per heavy atom. The van der Waals surface area contributed by atoms with Crippen LogP contribution in [0.15, 0.2) is 29.1 Å². The van der Waals surface area contributed by atoms with Crippen molar-refractivity contribution in [1.29, 1.82) is 5.26 Å². The molecule has 2 aromatic rings. The molecule has 0 bridgehead atoms. The van der Waals surface area contributed by atoms with Crippen molar-refractivity contribution in [2.75, 3.05) is 18.5 Å². The van der Waals surface area contributed by atoms with Gasteiger partial charge in [-0.25, -0.2) is 9.59 Å². The number of nitrogens with one attached hydrogen (secondary N) is 1. The molecule has 1 aromatic heterocycles. The predicted molar refractivity (Wildman–Crippen MR) is 110 cm³/mol. The van der Waals surface area contributed by atoms with Crippen molar-refractivity contribution in [2.24, 2.45) is 0 Å². The Labute approximate surface area is 171 Å². The second kappa shape index (κ2) is 10.2. The highest BCUT2D eigenvalue weighted by Crippen LogP contribution is 2.10. The van der Waals surface area contributed by atoms with Crippen LogP contribution in [-0.4, -0.2) is 29.7 Å². The second-order valence-corrected chi connectivity index (χ2v) is 6.65. The molecule has 0 saturated carbocycles. The van der Waals surface area contributed by atoms with Crippen molar-refractivity contribution < 1.29 is 19.1 Å². The molecule has 29 heavy (non-hydrogen) atoms. The molecule has 0 amide bonds. The van der Waals surface area contributed by atoms with Crippen LogP contribution in [-0.2, 0) is 20.8 Å². The number of benzene rings is 1. The maximum atomic E-state index is 12.6. The number of aromatic nitrogens is 1. The lowest BCUT2D eigenvalue weighted by atomic mass is 10.2. The van der Waals surface area contributed by atoms with Gasteiger partial charge in [0.1, 0.15) is 15.3 Å². The molecule has 0 unspecified atom stereocenters. The Kier molecular flexibility index (Phi) is 7.74. The summed E-state index contributed by atoms with van der Waals surface area (Å²) in [6.45, 7) is 5.86. The molecule has 0 aliphatic rings. The van der Waals surface area contributed by atoms with Crippen molar-refractivity contribution in [3.05, 3.63) is 49.4 Å². The monoisotopic (exact) mass is 415 g/mol. The number of thiazole rings is 1. The molecule has 1 N–H and O–H groups in total. The fourth-order valence-corrected chi connectivity index (χ4v) is 3.52. The van der Waals surface area contributed by atoms with Gasteiger partial charge in [0.15, 0.2) is 5.57 Å². The molecule has 0 aliphatic carbocycles. The SMILES string of the molecule is CCOC(=O)C(C#N)=c1sc(=CNc2ccc(C(=O)OCC)cc2)c(=O)n1CC. The van der Waals surface area contributed by atoms with Gasteiger partial charge in [-0.15, -0.1) is 11.3 Å². The first-order chi connectivity index (χ1) is 14.0. The number of carbonyl (C=O) groups excluding carboxylic acids is 2. The lowest BCUT2D eigenvalue weighted by molar-refractivity contribution is -0.136. The Morgan fingerprint density at radius 1 is 1.17 bits per heavy atom. The van der Waals surface area contributed by atoms with E-state index in [1.807, 2.05) is 6.07 Å². The minimum absolute atomic E-state index is 0.133. The summed E-state index contributed by atoms with van der Waals surface area (Å²) in [7, 11) is 0. The van der Waals surface area contributed by atoms with Gasteiger partial charge in [0, 0.05) is 18.4 Å². The van der Waals surface area contributed by atoms with Gasteiger partial charge < -0.3 is 14.8 Å². The molecule has 152 valence electrons. The number of hydrogen-bond acceptors (Lipinski definition) is 8. The molecular formula is C20H21N3O5S. The minimum Gasteiger partial charge on any atom is -0.462 e. The van der Waals surface area contributed by atoms with Crippen molar-refractivity contribution in [1.82, 2.24) is 4.57 Å². The summed E-state index contributed by atoms with van der Waals surface area (Å²) in [6.07, 6.45) is 1.50. The summed E-state index contributed by atoms with van der Waals surface area (Å²) in [4.78, 5) is 36.3. The fourth-order valence-electron chi connectivity index (χ4n) is 2.44. The van der Waals surface area contributed by atoms with Crippen molar-refractivity contribution in [3.63, 3.8) is 0 Å². The molecule has 8 nitrogen and oxygen atoms in total. The molecule has 0 spiro atoms. The Balaban J connectivity index is 2.41. The van der Waals surface area contributed by atoms with Gasteiger partial charge in [0.05, 0.1) is 18.8 Å². The average molecular weight is 415 g/mol. The third-order valence-corrected chi connectivity index (χ3v) is 4.93. The van der Waals surface area contributed by atoms with Crippen molar-refractivity contribution in [3.8, 4) is 6.07 Å². The molecule has 1 aromatic carbocycles. The number of anilines is 1. The number of rotatable bonds is 7. The number of nitrogens with zero attached hydrogens (tertiary/aromatic N) is 2. The summed E-state index contributed by atoms with van der Waals surface area (Å²) < 4.78 is 11.8. The molecule has 0 atom stereocenters. The van der Waals surface area contributed by atoms with Gasteiger partial charge in [0.25, 0.3) is 5.56 Å². The van der Waals surface area contributed by atoms with Gasteiger partial charge in [-0.2, -0.15) is 5.26 Å². The molecule has 0 saturated heterocycles. The highest BCUT2D eigenvalue weighted by Gasteiger charge is 2.16. The lowest BCUT2D eigenvalue weighted by Gasteiger charge is -2.03. The summed E-state index contributed by atoms with van der Waals surface area (Å²) in [5, 5.41) is 12.3. The van der Waals surface area contributed by atoms with Crippen molar-refractivity contribution in [2.45, 2.75) is 27.3 Å². The second-order valence-electron chi connectivity index (χ2n) is 5.61. The van der Waals surface area contributed by atoms with E-state index in [1.165, 1.54) is 10.8 Å². The smallest absolute Gasteiger partial charge is 0.351 e. The topological polar surface area (TPSA) is 110 Å². The first kappa shape index (κ1) is 21.9. The van der Waals surface area contributed by atoms with Crippen LogP contribution in [0.25, 0.3) is 11.8 Å². The number of hydrogen-bond donors (Lipinski definition) is 1. The zero-order chi connectivity index (χ0) is 21.4. The quantitative estimate of drug-likeness (QED) is 0.677. The van der Waals surface area contributed by atoms with Crippen LogP contribution >= 0.6 is 11.3 Å². The van der Waals surface area contributed by atoms with Crippen LogP contribution in [0.1, 0.15) is 31.1 Å². The van der Waals surface area contributed by atoms with E-state index in [0.29, 0.717) is 28.9 Å². The highest BCUT2D eigenvalue weighted by molar-refractivity contribution is 7.07. The van der Waals surface area contributed by atoms with Crippen LogP contribution in [0.4, 0.5) is 5.69 Å². The first-order valence-corrected chi connectivity index (χ1v) is 9.83. The van der Waals surface area contributed by atoms with Crippen LogP contribution in [0, 0.1) is 11.3 Å². The standard InChI is InChI=1S/C20H21N3O5S/c1-4-23-17(24)16(29-18(23)15(11-21)20(26)28-6-3)12-22-14-9-7-13(8-10-14)19(25)27-5-2/h7-10,12,22H,4-6H2,1-3H3. The maximum Gasteiger partial charge on any atom is 0.351 e. The predicted octanol–water partition coefficient (Wildman–Crippen LogP) is 1.19. The lowest BCUT2D eigenvalue weighted by Crippen LogP contribution is -2.32. The summed E-state index contributed by atoms with van der Waals surface area (Å²) in [5.74, 6) is -1.16. The zero-order valence-corrected chi connectivity index (χ0v) is 17.2. The van der Waals surface area contributed by atoms with Gasteiger partial charge in [-0.1, -0.05) is 0 Å². The molecule has 0 fully saturated rings. The van der Waals surface area contributed by atoms with E-state index in [9.17, 15) is 19.6 Å². The Bertz CT molecular complexity index is 1110. The van der Waals surface area contributed by atoms with E-state index in [-0.39, 0.29) is 22.4 Å². The molecule has 2 rings (SSSR count). The Morgan fingerprint density at radius 2 is 1.83 bits per heavy atom. The van der Waals surface area contributed by atoms with E-state index >= 15 is 0 Å². The molecule has 0 radical (unpaired) electrons. The third kappa shape index (κ3) is 5.12. The first-order valence-electron chi connectivity index (χ1n) is 9.01. The van der Waals surface area contributed by atoms with E-state index in [1.54, 1.807) is 45.0 Å². The highest BCUT2D eigenvalue weighted by atomic mass is 32.1. The Hall–Kier alpha value is -3.38. The van der Waals surface area contributed by atoms with E-state index in [0.717, 1.165) is 11.3 Å². The van der Waals surface area contributed by atoms with Gasteiger partial charge >= 0.3 is 11.9 Å². The molecule has 9 heteroatoms. The largest absolute Gasteiger partial charge is 0.462 e. The van der Waals surface area contributed by atoms with E-state index in [2.05, 4.69) is 5.32 Å². The molecule has 1 heterocycles. The van der Waals surface area contributed by atoms with Gasteiger partial charge in [-0.3, -0.25) is 9.36 Å². The summed E-state index contributed by atoms with van der Waals surface area (Å²) >= 11 is 1.03. The maximum absolute atomic E-state index is 12.6. The van der Waals surface area contributed by atoms with Crippen LogP contribution in [0.2, 0.25) is 0 Å². The minimum atomic E-state index is -0.757. The normalized spacial score (nSPS) is 12.1. The van der Waals surface area contributed by atoms with E-state index in [4.69, 9.17) is 9.47 Å². The van der Waals surface area contributed by atoms with Gasteiger partial charge in [0.2, 0.25) is 0 Å². The fraction of sp³-hybridized carbons (Fsp3) is 0.300. The number of esters is 2.